The van der Waals surface area contributed by atoms with Gasteiger partial charge < -0.3 is 15.3 Å². The molecule has 6 heteroatoms. The number of rotatable bonds is 5. The summed E-state index contributed by atoms with van der Waals surface area (Å²) in [5.41, 5.74) is 4.71. The summed E-state index contributed by atoms with van der Waals surface area (Å²) in [7, 11) is 0. The number of aryl methyl sites for hydroxylation is 1. The normalized spacial score (nSPS) is 15.3. The third-order valence-corrected chi connectivity index (χ3v) is 5.49. The Morgan fingerprint density at radius 1 is 1.17 bits per heavy atom. The van der Waals surface area contributed by atoms with Gasteiger partial charge in [-0.15, -0.1) is 0 Å². The standard InChI is InChI=1S/C23H26N4O2/c1-15-12-18(16(2)25-19-9-5-4-8-17(19)23(28)29)22-20(13-15)24-14-21(26-22)27-10-6-3-7-11-27/h4-5,8-9,12-14,16,25H,3,6-7,10-11H2,1-2H3,(H,28,29). The van der Waals surface area contributed by atoms with Crippen LogP contribution in [-0.2, 0) is 0 Å². The van der Waals surface area contributed by atoms with Gasteiger partial charge in [-0.2, -0.15) is 0 Å². The lowest BCUT2D eigenvalue weighted by molar-refractivity contribution is 0.0698. The van der Waals surface area contributed by atoms with Gasteiger partial charge in [0.2, 0.25) is 0 Å². The van der Waals surface area contributed by atoms with E-state index in [2.05, 4.69) is 21.3 Å². The van der Waals surface area contributed by atoms with Gasteiger partial charge >= 0.3 is 5.97 Å². The minimum absolute atomic E-state index is 0.121. The zero-order chi connectivity index (χ0) is 20.4. The average molecular weight is 390 g/mol. The van der Waals surface area contributed by atoms with Crippen LogP contribution in [0.4, 0.5) is 11.5 Å². The van der Waals surface area contributed by atoms with Gasteiger partial charge in [-0.1, -0.05) is 18.2 Å². The highest BCUT2D eigenvalue weighted by Crippen LogP contribution is 2.29. The van der Waals surface area contributed by atoms with E-state index in [9.17, 15) is 9.90 Å². The molecule has 0 spiro atoms. The van der Waals surface area contributed by atoms with Crippen LogP contribution in [0.3, 0.4) is 0 Å². The van der Waals surface area contributed by atoms with Crippen LogP contribution in [0.5, 0.6) is 0 Å². The number of hydrogen-bond donors (Lipinski definition) is 2. The molecule has 1 fully saturated rings. The predicted octanol–water partition coefficient (Wildman–Crippen LogP) is 4.80. The number of piperidine rings is 1. The van der Waals surface area contributed by atoms with Crippen LogP contribution in [0.25, 0.3) is 11.0 Å². The lowest BCUT2D eigenvalue weighted by atomic mass is 10.0. The maximum atomic E-state index is 11.6. The van der Waals surface area contributed by atoms with E-state index in [0.29, 0.717) is 5.69 Å². The summed E-state index contributed by atoms with van der Waals surface area (Å²) >= 11 is 0. The molecule has 1 aliphatic rings. The molecule has 1 aromatic heterocycles. The second-order valence-electron chi connectivity index (χ2n) is 7.71. The number of fused-ring (bicyclic) bond motifs is 1. The minimum Gasteiger partial charge on any atom is -0.478 e. The van der Waals surface area contributed by atoms with E-state index in [4.69, 9.17) is 4.98 Å². The number of carboxylic acids is 1. The van der Waals surface area contributed by atoms with E-state index in [1.807, 2.05) is 32.2 Å². The molecule has 150 valence electrons. The highest BCUT2D eigenvalue weighted by Gasteiger charge is 2.18. The van der Waals surface area contributed by atoms with Gasteiger partial charge in [-0.25, -0.2) is 9.78 Å². The number of nitrogens with zero attached hydrogens (tertiary/aromatic N) is 3. The number of benzene rings is 2. The molecule has 1 atom stereocenters. The number of carboxylic acid groups (broad SMARTS) is 1. The molecule has 2 aromatic carbocycles. The van der Waals surface area contributed by atoms with Crippen molar-refractivity contribution < 1.29 is 9.90 Å². The number of aromatic nitrogens is 2. The van der Waals surface area contributed by atoms with Gasteiger partial charge in [0, 0.05) is 24.3 Å². The van der Waals surface area contributed by atoms with Gasteiger partial charge in [0.15, 0.2) is 0 Å². The first kappa shape index (κ1) is 19.2. The van der Waals surface area contributed by atoms with E-state index in [0.717, 1.165) is 41.1 Å². The zero-order valence-corrected chi connectivity index (χ0v) is 16.9. The van der Waals surface area contributed by atoms with Crippen LogP contribution in [0.1, 0.15) is 53.7 Å². The van der Waals surface area contributed by atoms with Crippen molar-refractivity contribution in [2.75, 3.05) is 23.3 Å². The van der Waals surface area contributed by atoms with Crippen molar-refractivity contribution in [1.29, 1.82) is 0 Å². The molecule has 1 unspecified atom stereocenters. The lowest BCUT2D eigenvalue weighted by Crippen LogP contribution is -2.30. The molecule has 0 bridgehead atoms. The molecule has 1 saturated heterocycles. The number of hydrogen-bond acceptors (Lipinski definition) is 5. The molecule has 4 rings (SSSR count). The van der Waals surface area contributed by atoms with E-state index in [1.54, 1.807) is 18.2 Å². The van der Waals surface area contributed by atoms with Crippen molar-refractivity contribution in [3.63, 3.8) is 0 Å². The van der Waals surface area contributed by atoms with E-state index >= 15 is 0 Å². The third-order valence-electron chi connectivity index (χ3n) is 5.49. The Labute approximate surface area is 170 Å². The molecule has 0 radical (unpaired) electrons. The number of nitrogens with one attached hydrogen (secondary N) is 1. The van der Waals surface area contributed by atoms with Gasteiger partial charge in [0.25, 0.3) is 0 Å². The molecule has 6 nitrogen and oxygen atoms in total. The van der Waals surface area contributed by atoms with Crippen LogP contribution in [0, 0.1) is 6.92 Å². The van der Waals surface area contributed by atoms with Crippen molar-refractivity contribution in [1.82, 2.24) is 9.97 Å². The summed E-state index contributed by atoms with van der Waals surface area (Å²) in [4.78, 5) is 23.5. The van der Waals surface area contributed by atoms with Crippen LogP contribution in [-0.4, -0.2) is 34.1 Å². The van der Waals surface area contributed by atoms with Crippen LogP contribution in [0.15, 0.2) is 42.6 Å². The Bertz CT molecular complexity index is 1040. The summed E-state index contributed by atoms with van der Waals surface area (Å²) < 4.78 is 0. The number of anilines is 2. The second-order valence-corrected chi connectivity index (χ2v) is 7.71. The quantitative estimate of drug-likeness (QED) is 0.651. The monoisotopic (exact) mass is 390 g/mol. The lowest BCUT2D eigenvalue weighted by Gasteiger charge is -2.28. The Morgan fingerprint density at radius 2 is 1.93 bits per heavy atom. The fraction of sp³-hybridized carbons (Fsp3) is 0.348. The van der Waals surface area contributed by atoms with Gasteiger partial charge in [-0.05, 0) is 56.9 Å². The molecule has 0 amide bonds. The predicted molar refractivity (Wildman–Crippen MR) is 116 cm³/mol. The topological polar surface area (TPSA) is 78.3 Å². The zero-order valence-electron chi connectivity index (χ0n) is 16.9. The molecule has 29 heavy (non-hydrogen) atoms. The summed E-state index contributed by atoms with van der Waals surface area (Å²) in [6.45, 7) is 6.10. The van der Waals surface area contributed by atoms with Crippen molar-refractivity contribution in [2.24, 2.45) is 0 Å². The fourth-order valence-corrected chi connectivity index (χ4v) is 3.99. The second kappa shape index (κ2) is 8.07. The molecule has 2 heterocycles. The summed E-state index contributed by atoms with van der Waals surface area (Å²) in [5.74, 6) is -0.0259. The van der Waals surface area contributed by atoms with Crippen molar-refractivity contribution >= 4 is 28.5 Å². The first-order valence-electron chi connectivity index (χ1n) is 10.1. The third kappa shape index (κ3) is 4.01. The first-order chi connectivity index (χ1) is 14.0. The minimum atomic E-state index is -0.943. The van der Waals surface area contributed by atoms with Gasteiger partial charge in [-0.3, -0.25) is 4.98 Å². The summed E-state index contributed by atoms with van der Waals surface area (Å²) in [5, 5.41) is 12.8. The van der Waals surface area contributed by atoms with E-state index in [1.165, 1.54) is 19.3 Å². The molecule has 0 aliphatic carbocycles. The van der Waals surface area contributed by atoms with Crippen LogP contribution >= 0.6 is 0 Å². The smallest absolute Gasteiger partial charge is 0.337 e. The largest absolute Gasteiger partial charge is 0.478 e. The average Bonchev–Trinajstić information content (AvgIpc) is 2.73. The van der Waals surface area contributed by atoms with Crippen LogP contribution in [0.2, 0.25) is 0 Å². The van der Waals surface area contributed by atoms with Gasteiger partial charge in [0.05, 0.1) is 28.8 Å². The molecule has 0 saturated carbocycles. The van der Waals surface area contributed by atoms with Gasteiger partial charge in [0.1, 0.15) is 5.82 Å². The van der Waals surface area contributed by atoms with Crippen molar-refractivity contribution in [2.45, 2.75) is 39.2 Å². The molecule has 2 N–H and O–H groups in total. The van der Waals surface area contributed by atoms with Crippen LogP contribution < -0.4 is 10.2 Å². The highest BCUT2D eigenvalue weighted by molar-refractivity contribution is 5.94. The highest BCUT2D eigenvalue weighted by atomic mass is 16.4. The maximum absolute atomic E-state index is 11.6. The molecule has 3 aromatic rings. The maximum Gasteiger partial charge on any atom is 0.337 e. The number of carbonyl (C=O) groups is 1. The summed E-state index contributed by atoms with van der Waals surface area (Å²) in [6, 6.07) is 11.0. The number of aromatic carboxylic acids is 1. The Balaban J connectivity index is 1.72. The van der Waals surface area contributed by atoms with E-state index in [-0.39, 0.29) is 11.6 Å². The van der Waals surface area contributed by atoms with Crippen molar-refractivity contribution in [3.05, 3.63) is 59.3 Å². The molecular weight excluding hydrogens is 364 g/mol. The fourth-order valence-electron chi connectivity index (χ4n) is 3.99. The first-order valence-corrected chi connectivity index (χ1v) is 10.1. The Hall–Kier alpha value is -3.15. The Kier molecular flexibility index (Phi) is 5.34. The SMILES string of the molecule is Cc1cc(C(C)Nc2ccccc2C(=O)O)c2nc(N3CCCCC3)cnc2c1. The number of para-hydroxylation sites is 1. The Morgan fingerprint density at radius 3 is 2.69 bits per heavy atom. The van der Waals surface area contributed by atoms with E-state index < -0.39 is 5.97 Å². The summed E-state index contributed by atoms with van der Waals surface area (Å²) in [6.07, 6.45) is 5.51. The molecular formula is C23H26N4O2. The van der Waals surface area contributed by atoms with Crippen molar-refractivity contribution in [3.8, 4) is 0 Å². The molecule has 1 aliphatic heterocycles.